The lowest BCUT2D eigenvalue weighted by Gasteiger charge is -2.16. The van der Waals surface area contributed by atoms with Crippen molar-refractivity contribution < 1.29 is 13.9 Å². The van der Waals surface area contributed by atoms with Gasteiger partial charge in [-0.3, -0.25) is 9.69 Å². The van der Waals surface area contributed by atoms with Crippen molar-refractivity contribution >= 4 is 29.1 Å². The number of furan rings is 1. The van der Waals surface area contributed by atoms with Gasteiger partial charge in [-0.15, -0.1) is 5.10 Å². The first-order valence-corrected chi connectivity index (χ1v) is 9.84. The molecule has 1 atom stereocenters. The number of thioether (sulfide) groups is 1. The fourth-order valence-electron chi connectivity index (χ4n) is 2.72. The second kappa shape index (κ2) is 9.41. The molecule has 1 aliphatic heterocycles. The predicted molar refractivity (Wildman–Crippen MR) is 108 cm³/mol. The average Bonchev–Trinajstić information content (AvgIpc) is 3.31. The summed E-state index contributed by atoms with van der Waals surface area (Å²) in [5.41, 5.74) is 1.02. The van der Waals surface area contributed by atoms with E-state index in [1.165, 1.54) is 11.8 Å². The monoisotopic (exact) mass is 385 g/mol. The summed E-state index contributed by atoms with van der Waals surface area (Å²) in [6.07, 6.45) is 6.05. The summed E-state index contributed by atoms with van der Waals surface area (Å²) in [6.45, 7) is 2.59. The van der Waals surface area contributed by atoms with Gasteiger partial charge in [0.05, 0.1) is 31.4 Å². The molecule has 1 fully saturated rings. The van der Waals surface area contributed by atoms with Crippen LogP contribution in [0.15, 0.2) is 57.3 Å². The van der Waals surface area contributed by atoms with Crippen molar-refractivity contribution in [2.75, 3.05) is 7.11 Å². The van der Waals surface area contributed by atoms with Crippen LogP contribution in [0.4, 0.5) is 0 Å². The smallest absolute Gasteiger partial charge is 0.242 e. The molecule has 0 bridgehead atoms. The Kier molecular flexibility index (Phi) is 6.70. The summed E-state index contributed by atoms with van der Waals surface area (Å²) in [7, 11) is 1.63. The van der Waals surface area contributed by atoms with Gasteiger partial charge in [0.25, 0.3) is 0 Å². The molecule has 0 spiro atoms. The SMILES string of the molecule is CCCC[C@@H]1S/C(=N\N=C/c2ccco2)N(Cc2ccc(OC)cc2)C1=O. The van der Waals surface area contributed by atoms with Crippen molar-refractivity contribution in [3.8, 4) is 5.75 Å². The highest BCUT2D eigenvalue weighted by Gasteiger charge is 2.37. The summed E-state index contributed by atoms with van der Waals surface area (Å²) >= 11 is 1.49. The molecule has 3 rings (SSSR count). The van der Waals surface area contributed by atoms with E-state index in [4.69, 9.17) is 9.15 Å². The zero-order chi connectivity index (χ0) is 19.1. The highest BCUT2D eigenvalue weighted by molar-refractivity contribution is 8.15. The average molecular weight is 385 g/mol. The molecule has 1 aliphatic rings. The molecule has 1 amide bonds. The molecule has 1 aromatic carbocycles. The maximum Gasteiger partial charge on any atom is 0.242 e. The van der Waals surface area contributed by atoms with E-state index >= 15 is 0 Å². The Labute approximate surface area is 163 Å². The van der Waals surface area contributed by atoms with Crippen molar-refractivity contribution in [3.63, 3.8) is 0 Å². The quantitative estimate of drug-likeness (QED) is 0.501. The Morgan fingerprint density at radius 2 is 2.11 bits per heavy atom. The molecule has 0 unspecified atom stereocenters. The van der Waals surface area contributed by atoms with E-state index in [9.17, 15) is 4.79 Å². The van der Waals surface area contributed by atoms with Crippen molar-refractivity contribution in [2.45, 2.75) is 38.0 Å². The van der Waals surface area contributed by atoms with Gasteiger partial charge in [0.2, 0.25) is 5.91 Å². The Balaban J connectivity index is 1.77. The Bertz CT molecular complexity index is 800. The lowest BCUT2D eigenvalue weighted by Crippen LogP contribution is -2.31. The number of hydrogen-bond donors (Lipinski definition) is 0. The molecule has 0 radical (unpaired) electrons. The van der Waals surface area contributed by atoms with Gasteiger partial charge in [-0.2, -0.15) is 5.10 Å². The number of rotatable bonds is 8. The van der Waals surface area contributed by atoms with Crippen LogP contribution in [0.5, 0.6) is 5.75 Å². The van der Waals surface area contributed by atoms with Gasteiger partial charge in [-0.05, 0) is 36.2 Å². The van der Waals surface area contributed by atoms with Crippen LogP contribution in [0, 0.1) is 0 Å². The first-order valence-electron chi connectivity index (χ1n) is 8.96. The Morgan fingerprint density at radius 1 is 1.30 bits per heavy atom. The van der Waals surface area contributed by atoms with E-state index < -0.39 is 0 Å². The van der Waals surface area contributed by atoms with Crippen LogP contribution in [0.1, 0.15) is 37.5 Å². The predicted octanol–water partition coefficient (Wildman–Crippen LogP) is 4.31. The number of benzene rings is 1. The van der Waals surface area contributed by atoms with Crippen LogP contribution in [0.3, 0.4) is 0 Å². The number of unbranched alkanes of at least 4 members (excludes halogenated alkanes) is 1. The van der Waals surface area contributed by atoms with Crippen LogP contribution in [0.2, 0.25) is 0 Å². The summed E-state index contributed by atoms with van der Waals surface area (Å²) in [5, 5.41) is 8.91. The summed E-state index contributed by atoms with van der Waals surface area (Å²) in [5.74, 6) is 1.51. The maximum absolute atomic E-state index is 12.9. The zero-order valence-electron chi connectivity index (χ0n) is 15.5. The molecule has 2 heterocycles. The topological polar surface area (TPSA) is 67.4 Å². The lowest BCUT2D eigenvalue weighted by molar-refractivity contribution is -0.126. The number of hydrogen-bond acceptors (Lipinski definition) is 6. The minimum atomic E-state index is -0.0965. The van der Waals surface area contributed by atoms with E-state index in [-0.39, 0.29) is 11.2 Å². The fraction of sp³-hybridized carbons (Fsp3) is 0.350. The number of amides is 1. The molecule has 7 heteroatoms. The Morgan fingerprint density at radius 3 is 2.78 bits per heavy atom. The third kappa shape index (κ3) is 5.01. The van der Waals surface area contributed by atoms with E-state index in [1.807, 2.05) is 24.3 Å². The molecular formula is C20H23N3O3S. The highest BCUT2D eigenvalue weighted by atomic mass is 32.2. The first kappa shape index (κ1) is 19.2. The molecule has 142 valence electrons. The number of nitrogens with zero attached hydrogens (tertiary/aromatic N) is 3. The normalized spacial score (nSPS) is 18.7. The van der Waals surface area contributed by atoms with Gasteiger partial charge in [0.15, 0.2) is 5.17 Å². The van der Waals surface area contributed by atoms with Gasteiger partial charge < -0.3 is 9.15 Å². The highest BCUT2D eigenvalue weighted by Crippen LogP contribution is 2.32. The van der Waals surface area contributed by atoms with E-state index in [0.29, 0.717) is 17.5 Å². The lowest BCUT2D eigenvalue weighted by atomic mass is 10.1. The molecule has 2 aromatic rings. The second-order valence-electron chi connectivity index (χ2n) is 6.16. The number of amidine groups is 1. The molecule has 1 saturated heterocycles. The molecule has 0 saturated carbocycles. The minimum absolute atomic E-state index is 0.0937. The standard InChI is InChI=1S/C20H23N3O3S/c1-3-4-7-18-19(24)23(14-15-8-10-16(25-2)11-9-15)20(27-18)22-21-13-17-6-5-12-26-17/h5-6,8-13,18H,3-4,7,14H2,1-2H3/b21-13-,22-20-/t18-/m0/s1. The van der Waals surface area contributed by atoms with Crippen LogP contribution in [0.25, 0.3) is 0 Å². The summed E-state index contributed by atoms with van der Waals surface area (Å²) in [4.78, 5) is 14.6. The van der Waals surface area contributed by atoms with Gasteiger partial charge in [0.1, 0.15) is 11.5 Å². The van der Waals surface area contributed by atoms with Crippen LogP contribution >= 0.6 is 11.8 Å². The van der Waals surface area contributed by atoms with Crippen LogP contribution in [-0.4, -0.2) is 34.5 Å². The maximum atomic E-state index is 12.9. The molecule has 0 aliphatic carbocycles. The summed E-state index contributed by atoms with van der Waals surface area (Å²) in [6, 6.07) is 11.3. The third-order valence-corrected chi connectivity index (χ3v) is 5.45. The van der Waals surface area contributed by atoms with Crippen LogP contribution in [-0.2, 0) is 11.3 Å². The van der Waals surface area contributed by atoms with Crippen LogP contribution < -0.4 is 4.74 Å². The third-order valence-electron chi connectivity index (χ3n) is 4.21. The zero-order valence-corrected chi connectivity index (χ0v) is 16.3. The summed E-state index contributed by atoms with van der Waals surface area (Å²) < 4.78 is 10.4. The fourth-order valence-corrected chi connectivity index (χ4v) is 3.86. The van der Waals surface area contributed by atoms with Crippen molar-refractivity contribution in [1.29, 1.82) is 0 Å². The first-order chi connectivity index (χ1) is 13.2. The molecule has 27 heavy (non-hydrogen) atoms. The minimum Gasteiger partial charge on any atom is -0.497 e. The molecule has 6 nitrogen and oxygen atoms in total. The van der Waals surface area contributed by atoms with Gasteiger partial charge in [-0.25, -0.2) is 0 Å². The van der Waals surface area contributed by atoms with E-state index in [0.717, 1.165) is 30.6 Å². The second-order valence-corrected chi connectivity index (χ2v) is 7.33. The van der Waals surface area contributed by atoms with Crippen molar-refractivity contribution in [2.24, 2.45) is 10.2 Å². The van der Waals surface area contributed by atoms with Gasteiger partial charge in [-0.1, -0.05) is 43.7 Å². The van der Waals surface area contributed by atoms with Gasteiger partial charge >= 0.3 is 0 Å². The van der Waals surface area contributed by atoms with E-state index in [1.54, 1.807) is 36.6 Å². The Hall–Kier alpha value is -2.54. The molecule has 1 aromatic heterocycles. The molecular weight excluding hydrogens is 362 g/mol. The number of ether oxygens (including phenoxy) is 1. The largest absolute Gasteiger partial charge is 0.497 e. The van der Waals surface area contributed by atoms with Crippen molar-refractivity contribution in [3.05, 3.63) is 54.0 Å². The van der Waals surface area contributed by atoms with Gasteiger partial charge in [0, 0.05) is 0 Å². The number of carbonyl (C=O) groups excluding carboxylic acids is 1. The van der Waals surface area contributed by atoms with Crippen molar-refractivity contribution in [1.82, 2.24) is 4.90 Å². The van der Waals surface area contributed by atoms with E-state index in [2.05, 4.69) is 17.1 Å². The molecule has 0 N–H and O–H groups in total. The number of methoxy groups -OCH3 is 1. The number of carbonyl (C=O) groups is 1.